The Morgan fingerprint density at radius 2 is 1.40 bits per heavy atom. The summed E-state index contributed by atoms with van der Waals surface area (Å²) in [6.07, 6.45) is 10.5. The molecule has 3 heteroatoms. The van der Waals surface area contributed by atoms with Crippen molar-refractivity contribution in [3.8, 4) is 0 Å². The molecule has 0 heterocycles. The second-order valence-corrected chi connectivity index (χ2v) is 6.79. The average Bonchev–Trinajstić information content (AvgIpc) is 2.35. The molecular weight excluding hydrogens is 252 g/mol. The predicted octanol–water partition coefficient (Wildman–Crippen LogP) is 4.82. The Morgan fingerprint density at radius 3 is 1.85 bits per heavy atom. The molecule has 120 valence electrons. The maximum Gasteiger partial charge on any atom is 0.308 e. The summed E-state index contributed by atoms with van der Waals surface area (Å²) in [4.78, 5) is 11.5. The van der Waals surface area contributed by atoms with E-state index in [2.05, 4.69) is 6.92 Å². The van der Waals surface area contributed by atoms with E-state index < -0.39 is 11.7 Å². The highest BCUT2D eigenvalue weighted by Crippen LogP contribution is 2.20. The molecule has 0 aliphatic rings. The molecule has 20 heavy (non-hydrogen) atoms. The van der Waals surface area contributed by atoms with E-state index in [1.54, 1.807) is 0 Å². The molecule has 0 saturated heterocycles. The van der Waals surface area contributed by atoms with E-state index in [4.69, 9.17) is 4.74 Å². The largest absolute Gasteiger partial charge is 0.435 e. The van der Waals surface area contributed by atoms with Crippen molar-refractivity contribution in [2.75, 3.05) is 0 Å². The summed E-state index contributed by atoms with van der Waals surface area (Å²) in [6, 6.07) is 0. The van der Waals surface area contributed by atoms with E-state index in [0.29, 0.717) is 6.42 Å². The number of aliphatic hydroxyl groups is 1. The minimum absolute atomic E-state index is 0.282. The molecule has 0 amide bonds. The summed E-state index contributed by atoms with van der Waals surface area (Å²) in [5, 5.41) is 9.66. The number of ether oxygens (including phenoxy) is 1. The van der Waals surface area contributed by atoms with E-state index in [1.807, 2.05) is 20.8 Å². The predicted molar refractivity (Wildman–Crippen MR) is 83.4 cm³/mol. The minimum atomic E-state index is -1.01. The molecule has 1 atom stereocenters. The third-order valence-electron chi connectivity index (χ3n) is 3.47. The van der Waals surface area contributed by atoms with Crippen LogP contribution in [-0.4, -0.2) is 17.4 Å². The van der Waals surface area contributed by atoms with Gasteiger partial charge < -0.3 is 9.84 Å². The maximum absolute atomic E-state index is 11.5. The molecule has 3 nitrogen and oxygen atoms in total. The van der Waals surface area contributed by atoms with E-state index in [9.17, 15) is 9.90 Å². The number of unbranched alkanes of at least 4 members (excludes halogenated alkanes) is 8. The van der Waals surface area contributed by atoms with Crippen LogP contribution in [0.4, 0.5) is 0 Å². The van der Waals surface area contributed by atoms with Gasteiger partial charge in [-0.2, -0.15) is 0 Å². The van der Waals surface area contributed by atoms with Crippen LogP contribution in [0.2, 0.25) is 0 Å². The van der Waals surface area contributed by atoms with Gasteiger partial charge >= 0.3 is 5.97 Å². The molecule has 0 aliphatic heterocycles. The van der Waals surface area contributed by atoms with E-state index in [0.717, 1.165) is 12.8 Å². The monoisotopic (exact) mass is 286 g/mol. The van der Waals surface area contributed by atoms with Crippen molar-refractivity contribution < 1.29 is 14.6 Å². The zero-order chi connectivity index (χ0) is 15.4. The lowest BCUT2D eigenvalue weighted by molar-refractivity contribution is -0.186. The molecule has 0 aliphatic carbocycles. The fourth-order valence-corrected chi connectivity index (χ4v) is 1.94. The average molecular weight is 286 g/mol. The van der Waals surface area contributed by atoms with Crippen molar-refractivity contribution in [3.05, 3.63) is 0 Å². The Labute approximate surface area is 125 Å². The zero-order valence-electron chi connectivity index (χ0n) is 13.9. The van der Waals surface area contributed by atoms with Gasteiger partial charge in [-0.15, -0.1) is 0 Å². The summed E-state index contributed by atoms with van der Waals surface area (Å²) in [5.74, 6) is -0.282. The van der Waals surface area contributed by atoms with Crippen LogP contribution in [0.15, 0.2) is 0 Å². The lowest BCUT2D eigenvalue weighted by Gasteiger charge is -2.25. The number of aliphatic hydroxyl groups excluding tert-OH is 1. The number of rotatable bonds is 11. The first-order chi connectivity index (χ1) is 9.38. The molecule has 0 aromatic heterocycles. The van der Waals surface area contributed by atoms with Gasteiger partial charge in [0.25, 0.3) is 0 Å². The van der Waals surface area contributed by atoms with Gasteiger partial charge in [-0.05, 0) is 6.42 Å². The fraction of sp³-hybridized carbons (Fsp3) is 0.941. The Kier molecular flexibility index (Phi) is 10.8. The Morgan fingerprint density at radius 1 is 0.950 bits per heavy atom. The van der Waals surface area contributed by atoms with Crippen molar-refractivity contribution in [2.45, 2.75) is 98.2 Å². The zero-order valence-corrected chi connectivity index (χ0v) is 13.9. The van der Waals surface area contributed by atoms with Gasteiger partial charge in [0.2, 0.25) is 6.29 Å². The quantitative estimate of drug-likeness (QED) is 0.336. The number of hydrogen-bond acceptors (Lipinski definition) is 3. The molecule has 0 saturated carbocycles. The molecule has 0 rings (SSSR count). The third-order valence-corrected chi connectivity index (χ3v) is 3.47. The van der Waals surface area contributed by atoms with Gasteiger partial charge in [0.1, 0.15) is 0 Å². The first-order valence-electron chi connectivity index (χ1n) is 8.25. The number of esters is 1. The molecule has 0 bridgehead atoms. The van der Waals surface area contributed by atoms with Crippen molar-refractivity contribution in [2.24, 2.45) is 5.41 Å². The second kappa shape index (κ2) is 11.1. The SMILES string of the molecule is CCCCCCCCCCCC(=O)OC(O)C(C)(C)C. The lowest BCUT2D eigenvalue weighted by Crippen LogP contribution is -2.31. The van der Waals surface area contributed by atoms with Crippen molar-refractivity contribution in [1.29, 1.82) is 0 Å². The summed E-state index contributed by atoms with van der Waals surface area (Å²) < 4.78 is 5.00. The summed E-state index contributed by atoms with van der Waals surface area (Å²) in [7, 11) is 0. The van der Waals surface area contributed by atoms with Gasteiger partial charge in [0.15, 0.2) is 0 Å². The molecule has 0 aromatic rings. The van der Waals surface area contributed by atoms with Gasteiger partial charge in [0.05, 0.1) is 0 Å². The number of carbonyl (C=O) groups is 1. The van der Waals surface area contributed by atoms with Gasteiger partial charge in [-0.25, -0.2) is 0 Å². The van der Waals surface area contributed by atoms with Crippen LogP contribution in [0.3, 0.4) is 0 Å². The minimum Gasteiger partial charge on any atom is -0.435 e. The standard InChI is InChI=1S/C17H34O3/c1-5-6-7-8-9-10-11-12-13-14-15(18)20-16(19)17(2,3)4/h16,19H,5-14H2,1-4H3. The first-order valence-corrected chi connectivity index (χ1v) is 8.25. The van der Waals surface area contributed by atoms with Crippen LogP contribution in [0.5, 0.6) is 0 Å². The molecule has 0 aromatic carbocycles. The molecule has 1 unspecified atom stereocenters. The van der Waals surface area contributed by atoms with Crippen molar-refractivity contribution in [1.82, 2.24) is 0 Å². The van der Waals surface area contributed by atoms with Crippen LogP contribution in [0, 0.1) is 5.41 Å². The highest BCUT2D eigenvalue weighted by atomic mass is 16.6. The second-order valence-electron chi connectivity index (χ2n) is 6.79. The van der Waals surface area contributed by atoms with Crippen molar-refractivity contribution >= 4 is 5.97 Å². The Balaban J connectivity index is 3.40. The molecule has 0 spiro atoms. The van der Waals surface area contributed by atoms with E-state index >= 15 is 0 Å². The highest BCUT2D eigenvalue weighted by molar-refractivity contribution is 5.69. The highest BCUT2D eigenvalue weighted by Gasteiger charge is 2.25. The smallest absolute Gasteiger partial charge is 0.308 e. The molecule has 0 radical (unpaired) electrons. The summed E-state index contributed by atoms with van der Waals surface area (Å²) >= 11 is 0. The van der Waals surface area contributed by atoms with Gasteiger partial charge in [0, 0.05) is 11.8 Å². The summed E-state index contributed by atoms with van der Waals surface area (Å²) in [5.41, 5.74) is -0.409. The van der Waals surface area contributed by atoms with E-state index in [1.165, 1.54) is 44.9 Å². The number of hydrogen-bond donors (Lipinski definition) is 1. The first kappa shape index (κ1) is 19.4. The maximum atomic E-state index is 11.5. The summed E-state index contributed by atoms with van der Waals surface area (Å²) in [6.45, 7) is 7.78. The normalized spacial score (nSPS) is 13.2. The fourth-order valence-electron chi connectivity index (χ4n) is 1.94. The van der Waals surface area contributed by atoms with Gasteiger partial charge in [-0.3, -0.25) is 4.79 Å². The van der Waals surface area contributed by atoms with Crippen LogP contribution in [-0.2, 0) is 9.53 Å². The van der Waals surface area contributed by atoms with Crippen LogP contribution in [0.25, 0.3) is 0 Å². The van der Waals surface area contributed by atoms with Gasteiger partial charge in [-0.1, -0.05) is 79.1 Å². The van der Waals surface area contributed by atoms with E-state index in [-0.39, 0.29) is 5.97 Å². The molecular formula is C17H34O3. The molecule has 0 fully saturated rings. The molecule has 1 N–H and O–H groups in total. The Bertz CT molecular complexity index is 243. The van der Waals surface area contributed by atoms with Crippen LogP contribution >= 0.6 is 0 Å². The lowest BCUT2D eigenvalue weighted by atomic mass is 9.96. The third kappa shape index (κ3) is 11.3. The van der Waals surface area contributed by atoms with Crippen LogP contribution < -0.4 is 0 Å². The topological polar surface area (TPSA) is 46.5 Å². The Hall–Kier alpha value is -0.570. The van der Waals surface area contributed by atoms with Crippen molar-refractivity contribution in [3.63, 3.8) is 0 Å². The van der Waals surface area contributed by atoms with Crippen LogP contribution in [0.1, 0.15) is 91.9 Å². The number of carbonyl (C=O) groups excluding carboxylic acids is 1.